The van der Waals surface area contributed by atoms with E-state index in [0.717, 1.165) is 34.4 Å². The fourth-order valence-corrected chi connectivity index (χ4v) is 3.24. The van der Waals surface area contributed by atoms with Crippen LogP contribution in [0.3, 0.4) is 0 Å². The third-order valence-corrected chi connectivity index (χ3v) is 4.51. The van der Waals surface area contributed by atoms with E-state index in [1.165, 1.54) is 0 Å². The van der Waals surface area contributed by atoms with Crippen molar-refractivity contribution in [1.82, 2.24) is 4.98 Å². The first-order valence-electron chi connectivity index (χ1n) is 8.82. The van der Waals surface area contributed by atoms with Crippen molar-refractivity contribution in [3.63, 3.8) is 0 Å². The highest BCUT2D eigenvalue weighted by Crippen LogP contribution is 2.31. The van der Waals surface area contributed by atoms with Gasteiger partial charge >= 0.3 is 0 Å². The molecule has 0 radical (unpaired) electrons. The maximum absolute atomic E-state index is 12.2. The fraction of sp³-hybridized carbons (Fsp3) is 0.190. The lowest BCUT2D eigenvalue weighted by molar-refractivity contribution is -0.121. The number of rotatable bonds is 5. The topological polar surface area (TPSA) is 78.2 Å². The molecule has 2 aromatic carbocycles. The number of hydrogen-bond acceptors (Lipinski definition) is 5. The second-order valence-corrected chi connectivity index (χ2v) is 6.27. The van der Waals surface area contributed by atoms with Gasteiger partial charge in [0.1, 0.15) is 17.5 Å². The normalized spacial score (nSPS) is 13.0. The second-order valence-electron chi connectivity index (χ2n) is 6.27. The van der Waals surface area contributed by atoms with E-state index in [2.05, 4.69) is 16.4 Å². The minimum atomic E-state index is -0.0326. The fourth-order valence-electron chi connectivity index (χ4n) is 3.24. The van der Waals surface area contributed by atoms with E-state index in [9.17, 15) is 10.1 Å². The number of carbonyl (C=O) groups excluding carboxylic acids is 1. The minimum Gasteiger partial charge on any atom is -0.482 e. The molecule has 1 aliphatic rings. The summed E-state index contributed by atoms with van der Waals surface area (Å²) in [6.07, 6.45) is 0.763. The second kappa shape index (κ2) is 7.34. The van der Waals surface area contributed by atoms with Gasteiger partial charge in [0, 0.05) is 24.2 Å². The number of nitrogens with zero attached hydrogens (tertiary/aromatic N) is 3. The van der Waals surface area contributed by atoms with Crippen LogP contribution in [0, 0.1) is 11.3 Å². The Morgan fingerprint density at radius 2 is 2.00 bits per heavy atom. The molecule has 6 nitrogen and oxygen atoms in total. The molecule has 27 heavy (non-hydrogen) atoms. The van der Waals surface area contributed by atoms with Crippen molar-refractivity contribution in [3.05, 3.63) is 60.3 Å². The summed E-state index contributed by atoms with van der Waals surface area (Å²) < 4.78 is 5.47. The van der Waals surface area contributed by atoms with Gasteiger partial charge in [-0.2, -0.15) is 5.26 Å². The van der Waals surface area contributed by atoms with Crippen LogP contribution < -0.4 is 15.0 Å². The molecule has 0 aliphatic carbocycles. The van der Waals surface area contributed by atoms with E-state index in [0.29, 0.717) is 18.8 Å². The Labute approximate surface area is 157 Å². The molecular formula is C21H18N4O2. The quantitative estimate of drug-likeness (QED) is 0.708. The van der Waals surface area contributed by atoms with Gasteiger partial charge in [-0.25, -0.2) is 4.98 Å². The summed E-state index contributed by atoms with van der Waals surface area (Å²) in [6, 6.07) is 19.2. The van der Waals surface area contributed by atoms with Gasteiger partial charge in [-0.1, -0.05) is 30.3 Å². The maximum atomic E-state index is 12.2. The molecule has 0 saturated heterocycles. The van der Waals surface area contributed by atoms with Gasteiger partial charge in [-0.3, -0.25) is 4.79 Å². The number of benzene rings is 2. The molecule has 3 aromatic rings. The average Bonchev–Trinajstić information content (AvgIpc) is 2.72. The van der Waals surface area contributed by atoms with Gasteiger partial charge in [0.25, 0.3) is 5.91 Å². The van der Waals surface area contributed by atoms with E-state index in [4.69, 9.17) is 4.74 Å². The number of fused-ring (bicyclic) bond motifs is 2. The molecule has 2 heterocycles. The Bertz CT molecular complexity index is 1040. The zero-order valence-corrected chi connectivity index (χ0v) is 14.7. The van der Waals surface area contributed by atoms with Crippen LogP contribution in [0.4, 0.5) is 11.4 Å². The number of amides is 1. The molecule has 0 saturated carbocycles. The Morgan fingerprint density at radius 1 is 1.19 bits per heavy atom. The number of ether oxygens (including phenoxy) is 1. The van der Waals surface area contributed by atoms with E-state index in [-0.39, 0.29) is 12.5 Å². The summed E-state index contributed by atoms with van der Waals surface area (Å²) in [4.78, 5) is 18.3. The van der Waals surface area contributed by atoms with Gasteiger partial charge in [-0.15, -0.1) is 0 Å². The van der Waals surface area contributed by atoms with Crippen molar-refractivity contribution in [1.29, 1.82) is 5.26 Å². The summed E-state index contributed by atoms with van der Waals surface area (Å²) in [6.45, 7) is 1.34. The van der Waals surface area contributed by atoms with Crippen LogP contribution >= 0.6 is 0 Å². The van der Waals surface area contributed by atoms with E-state index < -0.39 is 0 Å². The predicted molar refractivity (Wildman–Crippen MR) is 104 cm³/mol. The van der Waals surface area contributed by atoms with Gasteiger partial charge < -0.3 is 15.0 Å². The van der Waals surface area contributed by atoms with Gasteiger partial charge in [0.15, 0.2) is 6.61 Å². The summed E-state index contributed by atoms with van der Waals surface area (Å²) in [5, 5.41) is 13.5. The molecule has 0 fully saturated rings. The highest BCUT2D eigenvalue weighted by atomic mass is 16.5. The average molecular weight is 358 g/mol. The lowest BCUT2D eigenvalue weighted by Gasteiger charge is -2.29. The van der Waals surface area contributed by atoms with Crippen molar-refractivity contribution >= 4 is 28.2 Å². The van der Waals surface area contributed by atoms with Gasteiger partial charge in [-0.05, 0) is 30.7 Å². The van der Waals surface area contributed by atoms with Crippen LogP contribution in [-0.2, 0) is 4.79 Å². The minimum absolute atomic E-state index is 0.0326. The largest absolute Gasteiger partial charge is 0.482 e. The highest BCUT2D eigenvalue weighted by molar-refractivity contribution is 5.97. The Morgan fingerprint density at radius 3 is 2.89 bits per heavy atom. The smallest absolute Gasteiger partial charge is 0.265 e. The van der Waals surface area contributed by atoms with E-state index in [1.54, 1.807) is 11.0 Å². The molecule has 0 spiro atoms. The molecule has 0 unspecified atom stereocenters. The SMILES string of the molecule is N#Cc1cc(NCCCN2C(=O)COc3ccccc32)c2ccccc2n1. The number of nitriles is 1. The Balaban J connectivity index is 1.45. The first-order chi connectivity index (χ1) is 13.3. The predicted octanol–water partition coefficient (Wildman–Crippen LogP) is 3.33. The zero-order chi connectivity index (χ0) is 18.6. The number of para-hydroxylation sites is 3. The molecule has 6 heteroatoms. The first kappa shape index (κ1) is 16.9. The number of carbonyl (C=O) groups is 1. The van der Waals surface area contributed by atoms with Crippen molar-refractivity contribution in [2.24, 2.45) is 0 Å². The monoisotopic (exact) mass is 358 g/mol. The number of nitrogens with one attached hydrogen (secondary N) is 1. The molecule has 134 valence electrons. The van der Waals surface area contributed by atoms with Crippen LogP contribution in [0.1, 0.15) is 12.1 Å². The van der Waals surface area contributed by atoms with Gasteiger partial charge in [0.05, 0.1) is 11.2 Å². The number of hydrogen-bond donors (Lipinski definition) is 1. The van der Waals surface area contributed by atoms with Crippen LogP contribution in [0.25, 0.3) is 10.9 Å². The van der Waals surface area contributed by atoms with E-state index >= 15 is 0 Å². The summed E-state index contributed by atoms with van der Waals surface area (Å²) >= 11 is 0. The highest BCUT2D eigenvalue weighted by Gasteiger charge is 2.24. The molecule has 4 rings (SSSR count). The molecule has 1 N–H and O–H groups in total. The van der Waals surface area contributed by atoms with Crippen LogP contribution in [-0.4, -0.2) is 30.6 Å². The first-order valence-corrected chi connectivity index (χ1v) is 8.82. The van der Waals surface area contributed by atoms with Crippen molar-refractivity contribution in [3.8, 4) is 11.8 Å². The van der Waals surface area contributed by atoms with E-state index in [1.807, 2.05) is 48.5 Å². The maximum Gasteiger partial charge on any atom is 0.265 e. The number of anilines is 2. The zero-order valence-electron chi connectivity index (χ0n) is 14.7. The number of pyridine rings is 1. The lowest BCUT2D eigenvalue weighted by Crippen LogP contribution is -2.39. The van der Waals surface area contributed by atoms with Crippen molar-refractivity contribution < 1.29 is 9.53 Å². The van der Waals surface area contributed by atoms with Crippen LogP contribution in [0.5, 0.6) is 5.75 Å². The van der Waals surface area contributed by atoms with Crippen molar-refractivity contribution in [2.45, 2.75) is 6.42 Å². The molecule has 1 aliphatic heterocycles. The summed E-state index contributed by atoms with van der Waals surface area (Å²) in [5.74, 6) is 0.707. The molecular weight excluding hydrogens is 340 g/mol. The standard InChI is InChI=1S/C21H18N4O2/c22-13-15-12-18(16-6-1-2-7-17(16)24-15)23-10-5-11-25-19-8-3-4-9-20(19)27-14-21(25)26/h1-4,6-9,12H,5,10-11,14H2,(H,23,24). The third kappa shape index (κ3) is 3.40. The summed E-state index contributed by atoms with van der Waals surface area (Å²) in [5.41, 5.74) is 2.87. The molecule has 1 aromatic heterocycles. The summed E-state index contributed by atoms with van der Waals surface area (Å²) in [7, 11) is 0. The Kier molecular flexibility index (Phi) is 4.58. The third-order valence-electron chi connectivity index (χ3n) is 4.51. The number of aromatic nitrogens is 1. The van der Waals surface area contributed by atoms with Crippen LogP contribution in [0.2, 0.25) is 0 Å². The molecule has 1 amide bonds. The Hall–Kier alpha value is -3.59. The van der Waals surface area contributed by atoms with Crippen LogP contribution in [0.15, 0.2) is 54.6 Å². The van der Waals surface area contributed by atoms with Gasteiger partial charge in [0.2, 0.25) is 0 Å². The van der Waals surface area contributed by atoms with Crippen molar-refractivity contribution in [2.75, 3.05) is 29.9 Å². The molecule has 0 atom stereocenters. The molecule has 0 bridgehead atoms. The lowest BCUT2D eigenvalue weighted by atomic mass is 10.1.